The Morgan fingerprint density at radius 2 is 1.81 bits per heavy atom. The van der Waals surface area contributed by atoms with Crippen molar-refractivity contribution in [2.45, 2.75) is 20.3 Å². The first-order chi connectivity index (χ1) is 12.5. The van der Waals surface area contributed by atoms with Gasteiger partial charge in [0, 0.05) is 55.5 Å². The van der Waals surface area contributed by atoms with E-state index in [4.69, 9.17) is 11.6 Å². The van der Waals surface area contributed by atoms with Crippen molar-refractivity contribution in [2.24, 2.45) is 0 Å². The van der Waals surface area contributed by atoms with Crippen molar-refractivity contribution in [3.8, 4) is 0 Å². The molecule has 1 heterocycles. The highest BCUT2D eigenvalue weighted by molar-refractivity contribution is 6.30. The molecule has 1 aliphatic rings. The summed E-state index contributed by atoms with van der Waals surface area (Å²) in [5.74, 6) is 0.0317. The number of piperazine rings is 1. The number of anilines is 2. The van der Waals surface area contributed by atoms with Crippen LogP contribution >= 0.6 is 11.6 Å². The summed E-state index contributed by atoms with van der Waals surface area (Å²) >= 11 is 5.95. The second kappa shape index (κ2) is 8.56. The third-order valence-corrected chi connectivity index (χ3v) is 5.29. The van der Waals surface area contributed by atoms with Crippen LogP contribution in [-0.4, -0.2) is 43.5 Å². The summed E-state index contributed by atoms with van der Waals surface area (Å²) in [5.41, 5.74) is 4.79. The Labute approximate surface area is 160 Å². The molecular formula is C21H26ClN3O. The average Bonchev–Trinajstić information content (AvgIpc) is 2.63. The first kappa shape index (κ1) is 18.7. The largest absolute Gasteiger partial charge is 0.369 e. The van der Waals surface area contributed by atoms with Crippen LogP contribution in [0.3, 0.4) is 0 Å². The van der Waals surface area contributed by atoms with Crippen molar-refractivity contribution < 1.29 is 4.79 Å². The molecule has 1 N–H and O–H groups in total. The van der Waals surface area contributed by atoms with Crippen LogP contribution in [0.15, 0.2) is 42.5 Å². The Kier molecular flexibility index (Phi) is 6.17. The molecule has 2 aromatic rings. The molecule has 0 unspecified atom stereocenters. The summed E-state index contributed by atoms with van der Waals surface area (Å²) in [4.78, 5) is 17.0. The summed E-state index contributed by atoms with van der Waals surface area (Å²) in [6.45, 7) is 9.11. The minimum atomic E-state index is 0.0317. The number of nitrogens with zero attached hydrogens (tertiary/aromatic N) is 2. The monoisotopic (exact) mass is 371 g/mol. The maximum absolute atomic E-state index is 12.1. The van der Waals surface area contributed by atoms with E-state index in [1.807, 2.05) is 12.1 Å². The van der Waals surface area contributed by atoms with Gasteiger partial charge in [-0.25, -0.2) is 0 Å². The van der Waals surface area contributed by atoms with Gasteiger partial charge in [0.25, 0.3) is 0 Å². The number of nitrogens with one attached hydrogen (secondary N) is 1. The van der Waals surface area contributed by atoms with Gasteiger partial charge in [0.15, 0.2) is 0 Å². The van der Waals surface area contributed by atoms with Gasteiger partial charge in [-0.1, -0.05) is 29.8 Å². The highest BCUT2D eigenvalue weighted by Gasteiger charge is 2.19. The van der Waals surface area contributed by atoms with Crippen molar-refractivity contribution >= 4 is 28.9 Å². The van der Waals surface area contributed by atoms with E-state index in [0.29, 0.717) is 11.4 Å². The van der Waals surface area contributed by atoms with Crippen molar-refractivity contribution in [3.63, 3.8) is 0 Å². The number of halogens is 1. The molecule has 2 aromatic carbocycles. The standard InChI is InChI=1S/C21H26ClN3O/c1-16-5-3-8-20(17(16)2)25-13-11-24(12-14-25)10-9-21(26)23-19-7-4-6-18(22)15-19/h3-8,15H,9-14H2,1-2H3,(H,23,26). The maximum Gasteiger partial charge on any atom is 0.225 e. The predicted octanol–water partition coefficient (Wildman–Crippen LogP) is 4.11. The molecule has 26 heavy (non-hydrogen) atoms. The van der Waals surface area contributed by atoms with Gasteiger partial charge in [-0.05, 0) is 49.2 Å². The Morgan fingerprint density at radius 1 is 1.08 bits per heavy atom. The molecule has 0 aromatic heterocycles. The fraction of sp³-hybridized carbons (Fsp3) is 0.381. The van der Waals surface area contributed by atoms with E-state index in [-0.39, 0.29) is 5.91 Å². The maximum atomic E-state index is 12.1. The normalized spacial score (nSPS) is 15.1. The number of hydrogen-bond acceptors (Lipinski definition) is 3. The number of amides is 1. The number of rotatable bonds is 5. The van der Waals surface area contributed by atoms with E-state index in [2.05, 4.69) is 47.2 Å². The predicted molar refractivity (Wildman–Crippen MR) is 109 cm³/mol. The highest BCUT2D eigenvalue weighted by atomic mass is 35.5. The lowest BCUT2D eigenvalue weighted by Gasteiger charge is -2.37. The fourth-order valence-corrected chi connectivity index (χ4v) is 3.53. The van der Waals surface area contributed by atoms with E-state index < -0.39 is 0 Å². The Hall–Kier alpha value is -2.04. The quantitative estimate of drug-likeness (QED) is 0.859. The molecule has 3 rings (SSSR count). The topological polar surface area (TPSA) is 35.6 Å². The number of benzene rings is 2. The molecule has 138 valence electrons. The van der Waals surface area contributed by atoms with Crippen LogP contribution in [0.25, 0.3) is 0 Å². The first-order valence-electron chi connectivity index (χ1n) is 9.12. The van der Waals surface area contributed by atoms with Gasteiger partial charge in [0.1, 0.15) is 0 Å². The molecule has 1 amide bonds. The van der Waals surface area contributed by atoms with E-state index in [9.17, 15) is 4.79 Å². The van der Waals surface area contributed by atoms with E-state index in [0.717, 1.165) is 38.4 Å². The molecule has 1 aliphatic heterocycles. The minimum Gasteiger partial charge on any atom is -0.369 e. The van der Waals surface area contributed by atoms with E-state index in [1.165, 1.54) is 16.8 Å². The molecule has 0 aliphatic carbocycles. The van der Waals surface area contributed by atoms with E-state index in [1.54, 1.807) is 12.1 Å². The third kappa shape index (κ3) is 4.77. The van der Waals surface area contributed by atoms with Gasteiger partial charge in [-0.2, -0.15) is 0 Å². The summed E-state index contributed by atoms with van der Waals surface area (Å²) in [6, 6.07) is 13.8. The average molecular weight is 372 g/mol. The van der Waals surface area contributed by atoms with Crippen LogP contribution < -0.4 is 10.2 Å². The lowest BCUT2D eigenvalue weighted by atomic mass is 10.1. The molecule has 0 radical (unpaired) electrons. The molecule has 0 spiro atoms. The van der Waals surface area contributed by atoms with Crippen LogP contribution in [-0.2, 0) is 4.79 Å². The van der Waals surface area contributed by atoms with Crippen molar-refractivity contribution in [1.29, 1.82) is 0 Å². The third-order valence-electron chi connectivity index (χ3n) is 5.05. The molecule has 5 heteroatoms. The zero-order valence-corrected chi connectivity index (χ0v) is 16.2. The number of aryl methyl sites for hydroxylation is 1. The molecule has 0 saturated carbocycles. The van der Waals surface area contributed by atoms with Gasteiger partial charge in [-0.15, -0.1) is 0 Å². The second-order valence-corrected chi connectivity index (χ2v) is 7.29. The van der Waals surface area contributed by atoms with Crippen molar-refractivity contribution in [3.05, 3.63) is 58.6 Å². The van der Waals surface area contributed by atoms with Gasteiger partial charge < -0.3 is 10.2 Å². The van der Waals surface area contributed by atoms with E-state index >= 15 is 0 Å². The smallest absolute Gasteiger partial charge is 0.225 e. The summed E-state index contributed by atoms with van der Waals surface area (Å²) in [6.07, 6.45) is 0.496. The lowest BCUT2D eigenvalue weighted by Crippen LogP contribution is -2.47. The highest BCUT2D eigenvalue weighted by Crippen LogP contribution is 2.24. The van der Waals surface area contributed by atoms with Gasteiger partial charge >= 0.3 is 0 Å². The van der Waals surface area contributed by atoms with Crippen LogP contribution in [0.5, 0.6) is 0 Å². The number of carbonyl (C=O) groups is 1. The van der Waals surface area contributed by atoms with Crippen LogP contribution in [0, 0.1) is 13.8 Å². The number of hydrogen-bond donors (Lipinski definition) is 1. The van der Waals surface area contributed by atoms with Crippen LogP contribution in [0.4, 0.5) is 11.4 Å². The fourth-order valence-electron chi connectivity index (χ4n) is 3.34. The van der Waals surface area contributed by atoms with Gasteiger partial charge in [0.2, 0.25) is 5.91 Å². The Bertz CT molecular complexity index is 770. The molecule has 0 atom stereocenters. The zero-order valence-electron chi connectivity index (χ0n) is 15.5. The van der Waals surface area contributed by atoms with Gasteiger partial charge in [0.05, 0.1) is 0 Å². The van der Waals surface area contributed by atoms with Crippen LogP contribution in [0.2, 0.25) is 5.02 Å². The summed E-state index contributed by atoms with van der Waals surface area (Å²) in [7, 11) is 0. The minimum absolute atomic E-state index is 0.0317. The molecule has 0 bridgehead atoms. The molecule has 1 fully saturated rings. The molecular weight excluding hydrogens is 346 g/mol. The Balaban J connectivity index is 1.45. The zero-order chi connectivity index (χ0) is 18.5. The number of carbonyl (C=O) groups excluding carboxylic acids is 1. The SMILES string of the molecule is Cc1cccc(N2CCN(CCC(=O)Nc3cccc(Cl)c3)CC2)c1C. The first-order valence-corrected chi connectivity index (χ1v) is 9.49. The summed E-state index contributed by atoms with van der Waals surface area (Å²) < 4.78 is 0. The second-order valence-electron chi connectivity index (χ2n) is 6.86. The summed E-state index contributed by atoms with van der Waals surface area (Å²) in [5, 5.41) is 3.54. The van der Waals surface area contributed by atoms with Crippen molar-refractivity contribution in [2.75, 3.05) is 42.9 Å². The van der Waals surface area contributed by atoms with Crippen LogP contribution in [0.1, 0.15) is 17.5 Å². The van der Waals surface area contributed by atoms with Gasteiger partial charge in [-0.3, -0.25) is 9.69 Å². The molecule has 1 saturated heterocycles. The lowest BCUT2D eigenvalue weighted by molar-refractivity contribution is -0.116. The molecule has 4 nitrogen and oxygen atoms in total. The Morgan fingerprint density at radius 3 is 2.54 bits per heavy atom. The van der Waals surface area contributed by atoms with Crippen molar-refractivity contribution in [1.82, 2.24) is 4.90 Å².